The molecule has 5 aliphatic rings. The molecule has 0 radical (unpaired) electrons. The van der Waals surface area contributed by atoms with Gasteiger partial charge in [-0.25, -0.2) is 0 Å². The number of fused-ring (bicyclic) bond motifs is 7. The minimum Gasteiger partial charge on any atom is -0.481 e. The Balaban J connectivity index is 1.27. The van der Waals surface area contributed by atoms with Crippen molar-refractivity contribution in [2.24, 2.45) is 56.2 Å². The Bertz CT molecular complexity index is 1700. The molecule has 3 N–H and O–H groups in total. The number of ether oxygens (including phenoxy) is 1. The number of allylic oxidation sites excluding steroid dienone is 1. The molecular formula is C45H67ClN2O6. The number of aliphatic carboxylic acids is 1. The van der Waals surface area contributed by atoms with E-state index in [0.29, 0.717) is 29.8 Å². The Kier molecular flexibility index (Phi) is 10.5. The van der Waals surface area contributed by atoms with Crippen molar-refractivity contribution in [2.75, 3.05) is 6.54 Å². The van der Waals surface area contributed by atoms with Crippen LogP contribution in [0.1, 0.15) is 146 Å². The molecule has 0 aliphatic heterocycles. The average Bonchev–Trinajstić information content (AvgIpc) is 3.38. The molecule has 8 nitrogen and oxygen atoms in total. The summed E-state index contributed by atoms with van der Waals surface area (Å²) in [5.41, 5.74) is 0.618. The quantitative estimate of drug-likeness (QED) is 0.201. The maximum atomic E-state index is 14.1. The number of Topliss-reactive ketones (excluding diaryl/α,β-unsaturated/α-hetero) is 1. The predicted molar refractivity (Wildman–Crippen MR) is 212 cm³/mol. The van der Waals surface area contributed by atoms with E-state index in [4.69, 9.17) is 16.3 Å². The van der Waals surface area contributed by atoms with Crippen LogP contribution in [0.3, 0.4) is 0 Å². The number of ketones is 1. The molecule has 1 aromatic heterocycles. The summed E-state index contributed by atoms with van der Waals surface area (Å²) in [5.74, 6) is -0.0675. The molecule has 300 valence electrons. The zero-order valence-electron chi connectivity index (χ0n) is 34.8. The Morgan fingerprint density at radius 1 is 0.963 bits per heavy atom. The first kappa shape index (κ1) is 41.3. The van der Waals surface area contributed by atoms with E-state index < -0.39 is 34.4 Å². The van der Waals surface area contributed by atoms with Gasteiger partial charge in [-0.1, -0.05) is 65.6 Å². The molecule has 0 aromatic carbocycles. The number of hydrogen-bond acceptors (Lipinski definition) is 7. The number of halogens is 1. The van der Waals surface area contributed by atoms with Crippen molar-refractivity contribution in [3.05, 3.63) is 40.2 Å². The maximum Gasteiger partial charge on any atom is 0.309 e. The van der Waals surface area contributed by atoms with Crippen LogP contribution in [-0.4, -0.2) is 51.7 Å². The molecule has 0 saturated heterocycles. The number of carbonyl (C=O) groups is 3. The third-order valence-corrected chi connectivity index (χ3v) is 16.8. The fraction of sp³-hybridized carbons (Fsp3) is 0.778. The molecule has 0 amide bonds. The van der Waals surface area contributed by atoms with E-state index in [1.807, 2.05) is 12.1 Å². The highest BCUT2D eigenvalue weighted by Crippen LogP contribution is 2.77. The first-order chi connectivity index (χ1) is 24.9. The lowest BCUT2D eigenvalue weighted by atomic mass is 9.33. The fourth-order valence-electron chi connectivity index (χ4n) is 13.3. The average molecular weight is 767 g/mol. The van der Waals surface area contributed by atoms with Gasteiger partial charge in [-0.15, -0.1) is 0 Å². The SMILES string of the molecule is CC(C)C1=C2[C@H]3CC[C@@H]4[C@@]5(C)CC[C@H](OC(=O)CC(C)(C)C(=O)O)C(C)(C)[C@H]5CC[C@@]4(C)[C@]3(C)CCC2(C(O)CNC(C)(C)c2ccc(Cl)cn2)CC1=O. The number of aromatic nitrogens is 1. The summed E-state index contributed by atoms with van der Waals surface area (Å²) < 4.78 is 6.17. The van der Waals surface area contributed by atoms with Crippen LogP contribution >= 0.6 is 11.6 Å². The largest absolute Gasteiger partial charge is 0.481 e. The normalized spacial score (nSPS) is 36.9. The summed E-state index contributed by atoms with van der Waals surface area (Å²) in [5, 5.41) is 26.2. The number of carbonyl (C=O) groups excluding carboxylic acids is 2. The molecule has 1 aromatic rings. The molecule has 5 aliphatic carbocycles. The van der Waals surface area contributed by atoms with Crippen molar-refractivity contribution in [3.8, 4) is 0 Å². The number of aliphatic hydroxyl groups is 1. The van der Waals surface area contributed by atoms with E-state index in [0.717, 1.165) is 62.6 Å². The summed E-state index contributed by atoms with van der Waals surface area (Å²) >= 11 is 6.13. The number of carboxylic acid groups (broad SMARTS) is 1. The second-order valence-corrected chi connectivity index (χ2v) is 21.4. The Morgan fingerprint density at radius 3 is 2.26 bits per heavy atom. The maximum absolute atomic E-state index is 14.1. The van der Waals surface area contributed by atoms with E-state index in [9.17, 15) is 24.6 Å². The summed E-state index contributed by atoms with van der Waals surface area (Å²) in [7, 11) is 0. The number of pyridine rings is 1. The lowest BCUT2D eigenvalue weighted by Gasteiger charge is -2.72. The van der Waals surface area contributed by atoms with Crippen LogP contribution in [-0.2, 0) is 24.7 Å². The van der Waals surface area contributed by atoms with Crippen molar-refractivity contribution >= 4 is 29.3 Å². The lowest BCUT2D eigenvalue weighted by Crippen LogP contribution is -2.66. The standard InChI is InChI=1S/C45H67ClN2O6/c1-26(2)36-29(49)22-45(33(50)25-48-41(7,8)32-15-12-27(46)24-47-32)21-20-43(10)28(37(36)45)13-14-31-42(9)18-17-34(54-35(51)23-39(3,4)38(52)53)40(5,6)30(42)16-19-44(31,43)11/h12,15,24,26,28,30-31,33-34,48,50H,13-14,16-23,25H2,1-11H3,(H,52,53)/t28-,30-,31-,33?,34+,42+,43-,44-,45?/m1/s1. The molecule has 4 fully saturated rings. The number of aliphatic hydroxyl groups excluding tert-OH is 1. The summed E-state index contributed by atoms with van der Waals surface area (Å²) in [6.07, 6.45) is 8.59. The van der Waals surface area contributed by atoms with Crippen molar-refractivity contribution in [1.82, 2.24) is 10.3 Å². The first-order valence-electron chi connectivity index (χ1n) is 20.6. The minimum atomic E-state index is -1.17. The molecular weight excluding hydrogens is 700 g/mol. The number of nitrogens with one attached hydrogen (secondary N) is 1. The van der Waals surface area contributed by atoms with Crippen LogP contribution in [0.15, 0.2) is 29.5 Å². The monoisotopic (exact) mass is 766 g/mol. The number of nitrogens with zero attached hydrogens (tertiary/aromatic N) is 1. The second kappa shape index (κ2) is 13.7. The van der Waals surface area contributed by atoms with Gasteiger partial charge in [-0.05, 0) is 137 Å². The Morgan fingerprint density at radius 2 is 1.65 bits per heavy atom. The molecule has 1 heterocycles. The lowest BCUT2D eigenvalue weighted by molar-refractivity contribution is -0.235. The predicted octanol–water partition coefficient (Wildman–Crippen LogP) is 9.31. The fourth-order valence-corrected chi connectivity index (χ4v) is 13.4. The van der Waals surface area contributed by atoms with Crippen LogP contribution in [0, 0.1) is 56.2 Å². The molecule has 0 bridgehead atoms. The first-order valence-corrected chi connectivity index (χ1v) is 21.0. The van der Waals surface area contributed by atoms with Crippen molar-refractivity contribution in [2.45, 2.75) is 158 Å². The van der Waals surface area contributed by atoms with Crippen LogP contribution < -0.4 is 5.32 Å². The number of rotatable bonds is 10. The molecule has 0 spiro atoms. The van der Waals surface area contributed by atoms with Gasteiger partial charge in [0, 0.05) is 30.0 Å². The van der Waals surface area contributed by atoms with E-state index in [1.165, 1.54) is 5.57 Å². The van der Waals surface area contributed by atoms with Gasteiger partial charge >= 0.3 is 11.9 Å². The van der Waals surface area contributed by atoms with Crippen molar-refractivity contribution in [3.63, 3.8) is 0 Å². The van der Waals surface area contributed by atoms with Crippen LogP contribution in [0.25, 0.3) is 0 Å². The molecule has 9 heteroatoms. The third-order valence-electron chi connectivity index (χ3n) is 16.6. The molecule has 4 saturated carbocycles. The van der Waals surface area contributed by atoms with Gasteiger partial charge in [0.1, 0.15) is 6.10 Å². The second-order valence-electron chi connectivity index (χ2n) is 20.9. The van der Waals surface area contributed by atoms with Crippen molar-refractivity contribution in [1.29, 1.82) is 0 Å². The molecule has 54 heavy (non-hydrogen) atoms. The highest BCUT2D eigenvalue weighted by Gasteiger charge is 2.70. The Labute approximate surface area is 329 Å². The highest BCUT2D eigenvalue weighted by molar-refractivity contribution is 6.30. The number of esters is 1. The molecule has 6 rings (SSSR count). The minimum absolute atomic E-state index is 0.0323. The van der Waals surface area contributed by atoms with E-state index >= 15 is 0 Å². The van der Waals surface area contributed by atoms with Gasteiger partial charge in [0.15, 0.2) is 5.78 Å². The van der Waals surface area contributed by atoms with Gasteiger partial charge in [-0.2, -0.15) is 0 Å². The van der Waals surface area contributed by atoms with Crippen molar-refractivity contribution < 1.29 is 29.3 Å². The van der Waals surface area contributed by atoms with Crippen LogP contribution in [0.5, 0.6) is 0 Å². The zero-order chi connectivity index (χ0) is 40.0. The van der Waals surface area contributed by atoms with Crippen LogP contribution in [0.4, 0.5) is 0 Å². The summed E-state index contributed by atoms with van der Waals surface area (Å²) in [6.45, 7) is 24.1. The molecule has 9 atom stereocenters. The summed E-state index contributed by atoms with van der Waals surface area (Å²) in [6, 6.07) is 3.76. The number of hydrogen-bond donors (Lipinski definition) is 3. The van der Waals surface area contributed by atoms with Gasteiger partial charge in [-0.3, -0.25) is 19.4 Å². The smallest absolute Gasteiger partial charge is 0.309 e. The van der Waals surface area contributed by atoms with E-state index in [2.05, 4.69) is 72.6 Å². The third kappa shape index (κ3) is 6.31. The molecule has 2 unspecified atom stereocenters. The number of carboxylic acids is 1. The highest BCUT2D eigenvalue weighted by atomic mass is 35.5. The van der Waals surface area contributed by atoms with E-state index in [1.54, 1.807) is 20.0 Å². The zero-order valence-corrected chi connectivity index (χ0v) is 35.6. The van der Waals surface area contributed by atoms with Gasteiger partial charge in [0.25, 0.3) is 0 Å². The Hall–Kier alpha value is -2.29. The van der Waals surface area contributed by atoms with Gasteiger partial charge in [0.2, 0.25) is 0 Å². The van der Waals surface area contributed by atoms with Crippen LogP contribution in [0.2, 0.25) is 5.02 Å². The van der Waals surface area contributed by atoms with E-state index in [-0.39, 0.29) is 51.8 Å². The van der Waals surface area contributed by atoms with Gasteiger partial charge < -0.3 is 20.3 Å². The topological polar surface area (TPSA) is 126 Å². The van der Waals surface area contributed by atoms with Gasteiger partial charge in [0.05, 0.1) is 34.2 Å². The summed E-state index contributed by atoms with van der Waals surface area (Å²) in [4.78, 5) is 43.6.